The number of carbonyl (C=O) groups is 1. The zero-order valence-corrected chi connectivity index (χ0v) is 13.6. The number of hydrogen-bond donors (Lipinski definition) is 0. The number of unbranched alkanes of at least 4 members (excludes halogenated alkanes) is 1. The van der Waals surface area contributed by atoms with Crippen LogP contribution in [0.5, 0.6) is 0 Å². The van der Waals surface area contributed by atoms with E-state index in [2.05, 4.69) is 34.6 Å². The third-order valence-corrected chi connectivity index (χ3v) is 3.18. The summed E-state index contributed by atoms with van der Waals surface area (Å²) in [5, 5.41) is 0. The fourth-order valence-electron chi connectivity index (χ4n) is 2.73. The molecule has 0 bridgehead atoms. The average Bonchev–Trinajstić information content (AvgIpc) is 2.27. The van der Waals surface area contributed by atoms with Crippen LogP contribution in [0, 0.1) is 17.3 Å². The summed E-state index contributed by atoms with van der Waals surface area (Å²) in [7, 11) is 1.66. The van der Waals surface area contributed by atoms with Crippen LogP contribution in [0.15, 0.2) is 0 Å². The van der Waals surface area contributed by atoms with Gasteiger partial charge in [0.2, 0.25) is 0 Å². The Morgan fingerprint density at radius 3 is 2.00 bits per heavy atom. The quantitative estimate of drug-likeness (QED) is 0.444. The van der Waals surface area contributed by atoms with Crippen LogP contribution in [-0.2, 0) is 14.3 Å². The second-order valence-corrected chi connectivity index (χ2v) is 6.40. The fourth-order valence-corrected chi connectivity index (χ4v) is 2.73. The molecule has 114 valence electrons. The van der Waals surface area contributed by atoms with E-state index in [-0.39, 0.29) is 5.97 Å². The highest BCUT2D eigenvalue weighted by molar-refractivity contribution is 5.77. The van der Waals surface area contributed by atoms with Crippen molar-refractivity contribution in [2.75, 3.05) is 20.3 Å². The Labute approximate surface area is 119 Å². The summed E-state index contributed by atoms with van der Waals surface area (Å²) in [6, 6.07) is 0. The molecule has 0 heterocycles. The van der Waals surface area contributed by atoms with Gasteiger partial charge in [-0.25, -0.2) is 0 Å². The third kappa shape index (κ3) is 6.95. The van der Waals surface area contributed by atoms with E-state index >= 15 is 0 Å². The molecule has 0 saturated heterocycles. The van der Waals surface area contributed by atoms with E-state index in [1.807, 2.05) is 0 Å². The molecule has 0 aliphatic heterocycles. The molecule has 0 aliphatic carbocycles. The van der Waals surface area contributed by atoms with E-state index in [0.29, 0.717) is 25.0 Å². The van der Waals surface area contributed by atoms with Gasteiger partial charge in [0, 0.05) is 7.11 Å². The predicted molar refractivity (Wildman–Crippen MR) is 79.1 cm³/mol. The molecule has 0 saturated carbocycles. The van der Waals surface area contributed by atoms with Gasteiger partial charge in [-0.05, 0) is 31.1 Å². The number of ether oxygens (including phenoxy) is 2. The van der Waals surface area contributed by atoms with Crippen LogP contribution in [0.4, 0.5) is 0 Å². The molecule has 0 aliphatic rings. The summed E-state index contributed by atoms with van der Waals surface area (Å²) in [6.07, 6.45) is 3.62. The molecule has 0 fully saturated rings. The van der Waals surface area contributed by atoms with Crippen LogP contribution in [0.2, 0.25) is 0 Å². The van der Waals surface area contributed by atoms with Crippen molar-refractivity contribution in [3.8, 4) is 0 Å². The van der Waals surface area contributed by atoms with Gasteiger partial charge < -0.3 is 9.47 Å². The first-order valence-electron chi connectivity index (χ1n) is 7.54. The lowest BCUT2D eigenvalue weighted by molar-refractivity contribution is -0.162. The first-order valence-corrected chi connectivity index (χ1v) is 7.54. The Hall–Kier alpha value is -0.570. The van der Waals surface area contributed by atoms with Gasteiger partial charge in [-0.3, -0.25) is 4.79 Å². The van der Waals surface area contributed by atoms with Crippen molar-refractivity contribution in [3.63, 3.8) is 0 Å². The summed E-state index contributed by atoms with van der Waals surface area (Å²) < 4.78 is 10.8. The van der Waals surface area contributed by atoms with Gasteiger partial charge in [-0.15, -0.1) is 0 Å². The lowest BCUT2D eigenvalue weighted by Crippen LogP contribution is -2.40. The van der Waals surface area contributed by atoms with Gasteiger partial charge in [0.15, 0.2) is 0 Å². The molecule has 0 aromatic rings. The van der Waals surface area contributed by atoms with Crippen molar-refractivity contribution in [2.24, 2.45) is 17.3 Å². The zero-order chi connectivity index (χ0) is 14.9. The average molecular weight is 272 g/mol. The van der Waals surface area contributed by atoms with Gasteiger partial charge in [-0.2, -0.15) is 0 Å². The smallest absolute Gasteiger partial charge is 0.314 e. The van der Waals surface area contributed by atoms with Crippen molar-refractivity contribution < 1.29 is 14.3 Å². The molecule has 3 heteroatoms. The standard InChI is InChI=1S/C16H32O3/c1-7-8-9-19-15(17)16(12-18-6,10-13(2)3)11-14(4)5/h13-14H,7-12H2,1-6H3. The Morgan fingerprint density at radius 1 is 1.11 bits per heavy atom. The van der Waals surface area contributed by atoms with Gasteiger partial charge in [0.1, 0.15) is 0 Å². The van der Waals surface area contributed by atoms with Gasteiger partial charge in [0.25, 0.3) is 0 Å². The SMILES string of the molecule is CCCCOC(=O)C(COC)(CC(C)C)CC(C)C. The van der Waals surface area contributed by atoms with Crippen LogP contribution >= 0.6 is 0 Å². The minimum absolute atomic E-state index is 0.0785. The Bertz CT molecular complexity index is 236. The maximum Gasteiger partial charge on any atom is 0.314 e. The molecule has 0 radical (unpaired) electrons. The normalized spacial score (nSPS) is 12.2. The van der Waals surface area contributed by atoms with E-state index in [9.17, 15) is 4.79 Å². The van der Waals surface area contributed by atoms with Crippen LogP contribution in [0.1, 0.15) is 60.3 Å². The van der Waals surface area contributed by atoms with Crippen LogP contribution in [0.25, 0.3) is 0 Å². The van der Waals surface area contributed by atoms with Gasteiger partial charge in [0.05, 0.1) is 18.6 Å². The van der Waals surface area contributed by atoms with Crippen LogP contribution < -0.4 is 0 Å². The summed E-state index contributed by atoms with van der Waals surface area (Å²) >= 11 is 0. The number of esters is 1. The fraction of sp³-hybridized carbons (Fsp3) is 0.938. The van der Waals surface area contributed by atoms with Crippen molar-refractivity contribution in [1.29, 1.82) is 0 Å². The molecule has 0 atom stereocenters. The molecule has 0 spiro atoms. The van der Waals surface area contributed by atoms with Gasteiger partial charge >= 0.3 is 5.97 Å². The third-order valence-electron chi connectivity index (χ3n) is 3.18. The number of hydrogen-bond acceptors (Lipinski definition) is 3. The molecule has 0 aromatic carbocycles. The highest BCUT2D eigenvalue weighted by Crippen LogP contribution is 2.35. The first-order chi connectivity index (χ1) is 8.88. The monoisotopic (exact) mass is 272 g/mol. The summed E-state index contributed by atoms with van der Waals surface area (Å²) in [4.78, 5) is 12.5. The molecular formula is C16H32O3. The molecule has 0 amide bonds. The first kappa shape index (κ1) is 18.4. The Kier molecular flexibility index (Phi) is 9.07. The summed E-state index contributed by atoms with van der Waals surface area (Å²) in [5.74, 6) is 0.824. The molecule has 3 nitrogen and oxygen atoms in total. The molecule has 0 aromatic heterocycles. The van der Waals surface area contributed by atoms with E-state index in [0.717, 1.165) is 25.7 Å². The zero-order valence-electron chi connectivity index (χ0n) is 13.6. The van der Waals surface area contributed by atoms with Gasteiger partial charge in [-0.1, -0.05) is 41.0 Å². The number of rotatable bonds is 10. The van der Waals surface area contributed by atoms with E-state index in [1.54, 1.807) is 7.11 Å². The second kappa shape index (κ2) is 9.35. The highest BCUT2D eigenvalue weighted by Gasteiger charge is 2.41. The summed E-state index contributed by atoms with van der Waals surface area (Å²) in [6.45, 7) is 11.6. The Morgan fingerprint density at radius 2 is 1.63 bits per heavy atom. The molecule has 0 N–H and O–H groups in total. The minimum atomic E-state index is -0.481. The van der Waals surface area contributed by atoms with Crippen LogP contribution in [0.3, 0.4) is 0 Å². The number of carbonyl (C=O) groups excluding carboxylic acids is 1. The van der Waals surface area contributed by atoms with Crippen molar-refractivity contribution >= 4 is 5.97 Å². The topological polar surface area (TPSA) is 35.5 Å². The minimum Gasteiger partial charge on any atom is -0.465 e. The molecule has 0 unspecified atom stereocenters. The van der Waals surface area contributed by atoms with Crippen molar-refractivity contribution in [2.45, 2.75) is 60.3 Å². The van der Waals surface area contributed by atoms with Crippen molar-refractivity contribution in [3.05, 3.63) is 0 Å². The Balaban J connectivity index is 4.89. The predicted octanol–water partition coefficient (Wildman–Crippen LogP) is 4.05. The molecule has 0 rings (SSSR count). The van der Waals surface area contributed by atoms with Crippen molar-refractivity contribution in [1.82, 2.24) is 0 Å². The summed E-state index contributed by atoms with van der Waals surface area (Å²) in [5.41, 5.74) is -0.481. The highest BCUT2D eigenvalue weighted by atomic mass is 16.5. The van der Waals surface area contributed by atoms with E-state index in [4.69, 9.17) is 9.47 Å². The lowest BCUT2D eigenvalue weighted by atomic mass is 9.74. The van der Waals surface area contributed by atoms with E-state index < -0.39 is 5.41 Å². The molecular weight excluding hydrogens is 240 g/mol. The van der Waals surface area contributed by atoms with E-state index in [1.165, 1.54) is 0 Å². The maximum absolute atomic E-state index is 12.5. The lowest BCUT2D eigenvalue weighted by Gasteiger charge is -2.34. The number of methoxy groups -OCH3 is 1. The largest absolute Gasteiger partial charge is 0.465 e. The van der Waals surface area contributed by atoms with Crippen LogP contribution in [-0.4, -0.2) is 26.3 Å². The second-order valence-electron chi connectivity index (χ2n) is 6.40. The molecule has 19 heavy (non-hydrogen) atoms. The maximum atomic E-state index is 12.5.